The van der Waals surface area contributed by atoms with Gasteiger partial charge in [-0.2, -0.15) is 0 Å². The monoisotopic (exact) mass is 317 g/mol. The highest BCUT2D eigenvalue weighted by atomic mass is 32.1. The summed E-state index contributed by atoms with van der Waals surface area (Å²) in [6, 6.07) is 8.42. The first kappa shape index (κ1) is 14.3. The average Bonchev–Trinajstić information content (AvgIpc) is 2.78. The maximum atomic E-state index is 13.3. The normalized spacial score (nSPS) is 16.3. The molecule has 1 fully saturated rings. The van der Waals surface area contributed by atoms with Gasteiger partial charge in [0.25, 0.3) is 5.91 Å². The quantitative estimate of drug-likeness (QED) is 0.683. The van der Waals surface area contributed by atoms with Gasteiger partial charge in [0.1, 0.15) is 5.70 Å². The molecule has 0 atom stereocenters. The van der Waals surface area contributed by atoms with E-state index in [2.05, 4.69) is 10.3 Å². The molecular weight excluding hydrogens is 308 g/mol. The summed E-state index contributed by atoms with van der Waals surface area (Å²) >= 11 is 5.09. The number of thiocarbonyl (C=S) groups is 1. The second-order valence-electron chi connectivity index (χ2n) is 4.48. The van der Waals surface area contributed by atoms with Crippen LogP contribution in [-0.2, 0) is 4.79 Å². The van der Waals surface area contributed by atoms with Crippen LogP contribution in [0.25, 0.3) is 6.08 Å². The van der Waals surface area contributed by atoms with Crippen LogP contribution in [-0.4, -0.2) is 16.0 Å². The van der Waals surface area contributed by atoms with Crippen molar-refractivity contribution in [3.63, 3.8) is 0 Å². The molecule has 0 bridgehead atoms. The van der Waals surface area contributed by atoms with E-state index in [1.54, 1.807) is 24.4 Å². The van der Waals surface area contributed by atoms with E-state index in [0.717, 1.165) is 17.0 Å². The number of benzene rings is 1. The van der Waals surface area contributed by atoms with Crippen molar-refractivity contribution in [3.05, 3.63) is 65.6 Å². The van der Waals surface area contributed by atoms with E-state index in [0.29, 0.717) is 5.69 Å². The lowest BCUT2D eigenvalue weighted by atomic mass is 10.2. The molecule has 1 N–H and O–H groups in total. The molecule has 0 radical (unpaired) electrons. The van der Waals surface area contributed by atoms with E-state index in [1.807, 2.05) is 0 Å². The van der Waals surface area contributed by atoms with Crippen LogP contribution in [0.15, 0.2) is 48.3 Å². The van der Waals surface area contributed by atoms with Crippen molar-refractivity contribution in [2.75, 3.05) is 4.90 Å². The van der Waals surface area contributed by atoms with Crippen LogP contribution in [0.1, 0.15) is 5.69 Å². The lowest BCUT2D eigenvalue weighted by Gasteiger charge is -2.14. The number of anilines is 1. The molecule has 3 rings (SSSR count). The molecule has 7 heteroatoms. The van der Waals surface area contributed by atoms with Crippen LogP contribution < -0.4 is 10.2 Å². The Morgan fingerprint density at radius 2 is 2.00 bits per heavy atom. The van der Waals surface area contributed by atoms with E-state index in [1.165, 1.54) is 12.1 Å². The Kier molecular flexibility index (Phi) is 3.64. The van der Waals surface area contributed by atoms with Gasteiger partial charge in [-0.3, -0.25) is 14.7 Å². The number of hydrogen-bond acceptors (Lipinski definition) is 3. The SMILES string of the molecule is O=C1/C(=C/c2ccccn2)NC(=S)N1c1ccc(F)c(F)c1. The zero-order valence-corrected chi connectivity index (χ0v) is 11.9. The Bertz CT molecular complexity index is 793. The molecule has 1 aliphatic rings. The maximum absolute atomic E-state index is 13.3. The molecule has 0 saturated carbocycles. The molecule has 110 valence electrons. The molecule has 22 heavy (non-hydrogen) atoms. The minimum absolute atomic E-state index is 0.0955. The number of carbonyl (C=O) groups excluding carboxylic acids is 1. The van der Waals surface area contributed by atoms with Crippen LogP contribution in [0.2, 0.25) is 0 Å². The predicted octanol–water partition coefficient (Wildman–Crippen LogP) is 2.62. The van der Waals surface area contributed by atoms with Crippen molar-refractivity contribution in [1.29, 1.82) is 0 Å². The van der Waals surface area contributed by atoms with Gasteiger partial charge < -0.3 is 5.32 Å². The maximum Gasteiger partial charge on any atom is 0.281 e. The second kappa shape index (κ2) is 5.61. The minimum Gasteiger partial charge on any atom is -0.327 e. The van der Waals surface area contributed by atoms with E-state index in [-0.39, 0.29) is 16.5 Å². The van der Waals surface area contributed by atoms with Gasteiger partial charge in [0.05, 0.1) is 11.4 Å². The highest BCUT2D eigenvalue weighted by Crippen LogP contribution is 2.23. The van der Waals surface area contributed by atoms with Crippen LogP contribution >= 0.6 is 12.2 Å². The van der Waals surface area contributed by atoms with Crippen LogP contribution in [0.3, 0.4) is 0 Å². The van der Waals surface area contributed by atoms with Gasteiger partial charge in [0, 0.05) is 12.3 Å². The molecule has 1 saturated heterocycles. The number of hydrogen-bond donors (Lipinski definition) is 1. The molecule has 2 aromatic rings. The van der Waals surface area contributed by atoms with E-state index < -0.39 is 17.5 Å². The third-order valence-corrected chi connectivity index (χ3v) is 3.30. The third kappa shape index (κ3) is 2.58. The van der Waals surface area contributed by atoms with Crippen molar-refractivity contribution in [2.45, 2.75) is 0 Å². The number of nitrogens with one attached hydrogen (secondary N) is 1. The average molecular weight is 317 g/mol. The minimum atomic E-state index is -1.05. The lowest BCUT2D eigenvalue weighted by molar-refractivity contribution is -0.113. The molecule has 4 nitrogen and oxygen atoms in total. The first-order chi connectivity index (χ1) is 10.6. The fraction of sp³-hybridized carbons (Fsp3) is 0. The fourth-order valence-electron chi connectivity index (χ4n) is 2.00. The molecule has 1 aliphatic heterocycles. The van der Waals surface area contributed by atoms with Crippen molar-refractivity contribution in [2.24, 2.45) is 0 Å². The fourth-order valence-corrected chi connectivity index (χ4v) is 2.30. The largest absolute Gasteiger partial charge is 0.327 e. The van der Waals surface area contributed by atoms with Crippen molar-refractivity contribution in [1.82, 2.24) is 10.3 Å². The molecule has 1 amide bonds. The van der Waals surface area contributed by atoms with Gasteiger partial charge in [-0.15, -0.1) is 0 Å². The van der Waals surface area contributed by atoms with E-state index in [9.17, 15) is 13.6 Å². The van der Waals surface area contributed by atoms with Gasteiger partial charge in [-0.1, -0.05) is 6.07 Å². The van der Waals surface area contributed by atoms with Crippen molar-refractivity contribution < 1.29 is 13.6 Å². The summed E-state index contributed by atoms with van der Waals surface area (Å²) in [4.78, 5) is 17.6. The number of aromatic nitrogens is 1. The Balaban J connectivity index is 1.95. The third-order valence-electron chi connectivity index (χ3n) is 3.02. The Hall–Kier alpha value is -2.67. The highest BCUT2D eigenvalue weighted by Gasteiger charge is 2.32. The van der Waals surface area contributed by atoms with Gasteiger partial charge >= 0.3 is 0 Å². The first-order valence-electron chi connectivity index (χ1n) is 6.29. The number of nitrogens with zero attached hydrogens (tertiary/aromatic N) is 2. The Morgan fingerprint density at radius 3 is 2.68 bits per heavy atom. The molecule has 1 aromatic carbocycles. The molecule has 0 aliphatic carbocycles. The summed E-state index contributed by atoms with van der Waals surface area (Å²) in [6.45, 7) is 0. The number of halogens is 2. The predicted molar refractivity (Wildman–Crippen MR) is 81.8 cm³/mol. The van der Waals surface area contributed by atoms with Crippen molar-refractivity contribution in [3.8, 4) is 0 Å². The van der Waals surface area contributed by atoms with Gasteiger partial charge in [0.2, 0.25) is 0 Å². The summed E-state index contributed by atoms with van der Waals surface area (Å²) in [5.74, 6) is -2.49. The number of pyridine rings is 1. The lowest BCUT2D eigenvalue weighted by Crippen LogP contribution is -2.30. The molecule has 2 heterocycles. The standard InChI is InChI=1S/C15H9F2N3OS/c16-11-5-4-10(8-12(11)17)20-14(21)13(19-15(20)22)7-9-3-1-2-6-18-9/h1-8H,(H,19,22)/b13-7-. The van der Waals surface area contributed by atoms with Gasteiger partial charge in [-0.25, -0.2) is 8.78 Å². The van der Waals surface area contributed by atoms with Crippen LogP contribution in [0, 0.1) is 11.6 Å². The molecule has 0 spiro atoms. The van der Waals surface area contributed by atoms with Crippen LogP contribution in [0.5, 0.6) is 0 Å². The number of rotatable bonds is 2. The first-order valence-corrected chi connectivity index (χ1v) is 6.70. The van der Waals surface area contributed by atoms with Crippen molar-refractivity contribution >= 4 is 35.0 Å². The van der Waals surface area contributed by atoms with Crippen LogP contribution in [0.4, 0.5) is 14.5 Å². The molecule has 1 aromatic heterocycles. The van der Waals surface area contributed by atoms with E-state index in [4.69, 9.17) is 12.2 Å². The van der Waals surface area contributed by atoms with Gasteiger partial charge in [-0.05, 0) is 42.6 Å². The molecule has 0 unspecified atom stereocenters. The zero-order valence-electron chi connectivity index (χ0n) is 11.1. The highest BCUT2D eigenvalue weighted by molar-refractivity contribution is 7.80. The summed E-state index contributed by atoms with van der Waals surface area (Å²) in [7, 11) is 0. The van der Waals surface area contributed by atoms with Gasteiger partial charge in [0.15, 0.2) is 16.7 Å². The summed E-state index contributed by atoms with van der Waals surface area (Å²) < 4.78 is 26.3. The topological polar surface area (TPSA) is 45.2 Å². The molecular formula is C15H9F2N3OS. The zero-order chi connectivity index (χ0) is 15.7. The Morgan fingerprint density at radius 1 is 1.18 bits per heavy atom. The summed E-state index contributed by atoms with van der Waals surface area (Å²) in [6.07, 6.45) is 3.13. The number of amides is 1. The summed E-state index contributed by atoms with van der Waals surface area (Å²) in [5, 5.41) is 2.84. The Labute approximate surface area is 130 Å². The second-order valence-corrected chi connectivity index (χ2v) is 4.87. The summed E-state index contributed by atoms with van der Waals surface area (Å²) in [5.41, 5.74) is 0.951. The number of carbonyl (C=O) groups is 1. The van der Waals surface area contributed by atoms with E-state index >= 15 is 0 Å². The smallest absolute Gasteiger partial charge is 0.281 e.